The second kappa shape index (κ2) is 9.62. The van der Waals surface area contributed by atoms with Gasteiger partial charge in [-0.05, 0) is 56.4 Å². The third kappa shape index (κ3) is 4.86. The van der Waals surface area contributed by atoms with Gasteiger partial charge < -0.3 is 19.3 Å². The molecule has 0 saturated carbocycles. The Kier molecular flexibility index (Phi) is 6.95. The Morgan fingerprint density at radius 2 is 1.79 bits per heavy atom. The van der Waals surface area contributed by atoms with Gasteiger partial charge in [0, 0.05) is 38.2 Å². The number of piperidine rings is 1. The molecule has 0 spiro atoms. The number of benzene rings is 1. The average molecular weight is 386 g/mol. The molecule has 2 saturated heterocycles. The molecule has 0 atom stereocenters. The largest absolute Gasteiger partial charge is 0.493 e. The summed E-state index contributed by atoms with van der Waals surface area (Å²) < 4.78 is 10.9. The third-order valence-electron chi connectivity index (χ3n) is 5.48. The van der Waals surface area contributed by atoms with E-state index in [1.165, 1.54) is 0 Å². The van der Waals surface area contributed by atoms with Crippen LogP contribution in [0.3, 0.4) is 0 Å². The maximum absolute atomic E-state index is 12.5. The van der Waals surface area contributed by atoms with Gasteiger partial charge in [0.1, 0.15) is 0 Å². The fraction of sp³-hybridized carbons (Fsp3) is 0.545. The van der Waals surface area contributed by atoms with Crippen molar-refractivity contribution in [3.05, 3.63) is 29.8 Å². The molecule has 2 heterocycles. The van der Waals surface area contributed by atoms with E-state index in [0.717, 1.165) is 44.3 Å². The third-order valence-corrected chi connectivity index (χ3v) is 5.48. The zero-order chi connectivity index (χ0) is 19.9. The Labute approximate surface area is 167 Å². The summed E-state index contributed by atoms with van der Waals surface area (Å²) in [6.45, 7) is 5.56. The van der Waals surface area contributed by atoms with Crippen molar-refractivity contribution in [3.63, 3.8) is 0 Å². The van der Waals surface area contributed by atoms with Crippen LogP contribution in [0, 0.1) is 5.92 Å². The van der Waals surface area contributed by atoms with Gasteiger partial charge >= 0.3 is 0 Å². The standard InChI is InChI=1S/C22H30N2O4/c1-3-28-19-8-6-17(16-20(19)27-2)7-9-21(25)23-14-10-18(11-15-23)22(26)24-12-4-5-13-24/h6-9,16,18H,3-5,10-15H2,1-2H3/b9-7+. The van der Waals surface area contributed by atoms with E-state index in [1.807, 2.05) is 34.9 Å². The molecule has 0 aliphatic carbocycles. The van der Waals surface area contributed by atoms with Crippen molar-refractivity contribution in [1.82, 2.24) is 9.80 Å². The molecule has 28 heavy (non-hydrogen) atoms. The van der Waals surface area contributed by atoms with E-state index in [0.29, 0.717) is 31.2 Å². The van der Waals surface area contributed by atoms with Crippen LogP contribution >= 0.6 is 0 Å². The molecular formula is C22H30N2O4. The number of amides is 2. The molecule has 6 heteroatoms. The zero-order valence-corrected chi connectivity index (χ0v) is 16.9. The maximum Gasteiger partial charge on any atom is 0.246 e. The molecular weight excluding hydrogens is 356 g/mol. The van der Waals surface area contributed by atoms with Crippen molar-refractivity contribution < 1.29 is 19.1 Å². The van der Waals surface area contributed by atoms with Crippen LogP contribution in [0.1, 0.15) is 38.2 Å². The Balaban J connectivity index is 1.53. The predicted octanol–water partition coefficient (Wildman–Crippen LogP) is 2.97. The first-order valence-corrected chi connectivity index (χ1v) is 10.2. The van der Waals surface area contributed by atoms with Crippen molar-refractivity contribution >= 4 is 17.9 Å². The highest BCUT2D eigenvalue weighted by Crippen LogP contribution is 2.28. The lowest BCUT2D eigenvalue weighted by atomic mass is 9.95. The lowest BCUT2D eigenvalue weighted by molar-refractivity contribution is -0.138. The number of nitrogens with zero attached hydrogens (tertiary/aromatic N) is 2. The summed E-state index contributed by atoms with van der Waals surface area (Å²) in [5.41, 5.74) is 0.882. The minimum Gasteiger partial charge on any atom is -0.493 e. The summed E-state index contributed by atoms with van der Waals surface area (Å²) in [6, 6.07) is 5.61. The molecule has 0 aromatic heterocycles. The van der Waals surface area contributed by atoms with E-state index < -0.39 is 0 Å². The number of hydrogen-bond acceptors (Lipinski definition) is 4. The molecule has 2 aliphatic heterocycles. The summed E-state index contributed by atoms with van der Waals surface area (Å²) >= 11 is 0. The van der Waals surface area contributed by atoms with Crippen LogP contribution in [-0.2, 0) is 9.59 Å². The van der Waals surface area contributed by atoms with Crippen LogP contribution in [-0.4, -0.2) is 61.5 Å². The van der Waals surface area contributed by atoms with Crippen LogP contribution in [0.25, 0.3) is 6.08 Å². The Hall–Kier alpha value is -2.50. The first-order chi connectivity index (χ1) is 13.6. The van der Waals surface area contributed by atoms with Gasteiger partial charge in [0.15, 0.2) is 11.5 Å². The number of methoxy groups -OCH3 is 1. The first-order valence-electron chi connectivity index (χ1n) is 10.2. The van der Waals surface area contributed by atoms with Crippen molar-refractivity contribution in [3.8, 4) is 11.5 Å². The van der Waals surface area contributed by atoms with E-state index >= 15 is 0 Å². The summed E-state index contributed by atoms with van der Waals surface area (Å²) in [7, 11) is 1.60. The van der Waals surface area contributed by atoms with Crippen LogP contribution in [0.15, 0.2) is 24.3 Å². The topological polar surface area (TPSA) is 59.1 Å². The van der Waals surface area contributed by atoms with Crippen LogP contribution in [0.4, 0.5) is 0 Å². The number of carbonyl (C=O) groups excluding carboxylic acids is 2. The molecule has 6 nitrogen and oxygen atoms in total. The summed E-state index contributed by atoms with van der Waals surface area (Å²) in [4.78, 5) is 28.8. The molecule has 0 N–H and O–H groups in total. The van der Waals surface area contributed by atoms with Gasteiger partial charge in [0.05, 0.1) is 13.7 Å². The minimum absolute atomic E-state index is 0.0140. The quantitative estimate of drug-likeness (QED) is 0.706. The Morgan fingerprint density at radius 3 is 2.43 bits per heavy atom. The second-order valence-corrected chi connectivity index (χ2v) is 7.31. The van der Waals surface area contributed by atoms with E-state index in [9.17, 15) is 9.59 Å². The highest BCUT2D eigenvalue weighted by molar-refractivity contribution is 5.92. The molecule has 1 aromatic rings. The van der Waals surface area contributed by atoms with Crippen molar-refractivity contribution in [1.29, 1.82) is 0 Å². The fourth-order valence-corrected chi connectivity index (χ4v) is 3.88. The number of ether oxygens (including phenoxy) is 2. The molecule has 0 bridgehead atoms. The van der Waals surface area contributed by atoms with Crippen LogP contribution < -0.4 is 9.47 Å². The minimum atomic E-state index is -0.0140. The first kappa shape index (κ1) is 20.2. The zero-order valence-electron chi connectivity index (χ0n) is 16.9. The number of rotatable bonds is 6. The molecule has 3 rings (SSSR count). The van der Waals surface area contributed by atoms with E-state index in [1.54, 1.807) is 19.3 Å². The second-order valence-electron chi connectivity index (χ2n) is 7.31. The lowest BCUT2D eigenvalue weighted by Gasteiger charge is -2.32. The molecule has 0 radical (unpaired) electrons. The van der Waals surface area contributed by atoms with E-state index in [4.69, 9.17) is 9.47 Å². The molecule has 0 unspecified atom stereocenters. The van der Waals surface area contributed by atoms with Gasteiger partial charge in [-0.1, -0.05) is 6.07 Å². The van der Waals surface area contributed by atoms with Crippen molar-refractivity contribution in [2.75, 3.05) is 39.9 Å². The monoisotopic (exact) mass is 386 g/mol. The van der Waals surface area contributed by atoms with Gasteiger partial charge in [-0.15, -0.1) is 0 Å². The van der Waals surface area contributed by atoms with Crippen molar-refractivity contribution in [2.24, 2.45) is 5.92 Å². The van der Waals surface area contributed by atoms with Crippen molar-refractivity contribution in [2.45, 2.75) is 32.6 Å². The number of hydrogen-bond donors (Lipinski definition) is 0. The smallest absolute Gasteiger partial charge is 0.246 e. The summed E-state index contributed by atoms with van der Waals surface area (Å²) in [5.74, 6) is 1.68. The van der Waals surface area contributed by atoms with E-state index in [-0.39, 0.29) is 17.7 Å². The predicted molar refractivity (Wildman–Crippen MR) is 108 cm³/mol. The fourth-order valence-electron chi connectivity index (χ4n) is 3.88. The number of carbonyl (C=O) groups is 2. The van der Waals surface area contributed by atoms with Gasteiger partial charge in [-0.3, -0.25) is 9.59 Å². The van der Waals surface area contributed by atoms with E-state index in [2.05, 4.69) is 0 Å². The molecule has 152 valence electrons. The summed E-state index contributed by atoms with van der Waals surface area (Å²) in [5, 5.41) is 0. The molecule has 2 aliphatic rings. The van der Waals surface area contributed by atoms with Crippen LogP contribution in [0.2, 0.25) is 0 Å². The Morgan fingerprint density at radius 1 is 1.07 bits per heavy atom. The highest BCUT2D eigenvalue weighted by Gasteiger charge is 2.30. The van der Waals surface area contributed by atoms with Gasteiger partial charge in [0.25, 0.3) is 0 Å². The lowest BCUT2D eigenvalue weighted by Crippen LogP contribution is -2.43. The van der Waals surface area contributed by atoms with Gasteiger partial charge in [-0.25, -0.2) is 0 Å². The Bertz CT molecular complexity index is 717. The summed E-state index contributed by atoms with van der Waals surface area (Å²) in [6.07, 6.45) is 7.13. The van der Waals surface area contributed by atoms with Crippen LogP contribution in [0.5, 0.6) is 11.5 Å². The normalized spacial score (nSPS) is 17.9. The van der Waals surface area contributed by atoms with Gasteiger partial charge in [-0.2, -0.15) is 0 Å². The molecule has 2 fully saturated rings. The average Bonchev–Trinajstić information content (AvgIpc) is 3.27. The molecule has 2 amide bonds. The number of likely N-dealkylation sites (tertiary alicyclic amines) is 2. The maximum atomic E-state index is 12.5. The van der Waals surface area contributed by atoms with Gasteiger partial charge in [0.2, 0.25) is 11.8 Å². The SMILES string of the molecule is CCOc1ccc(/C=C/C(=O)N2CCC(C(=O)N3CCCC3)CC2)cc1OC. The molecule has 1 aromatic carbocycles. The highest BCUT2D eigenvalue weighted by atomic mass is 16.5.